The molecular weight excluding hydrogens is 384 g/mol. The molecule has 0 unspecified atom stereocenters. The van der Waals surface area contributed by atoms with Gasteiger partial charge in [-0.3, -0.25) is 14.9 Å². The predicted molar refractivity (Wildman–Crippen MR) is 116 cm³/mol. The predicted octanol–water partition coefficient (Wildman–Crippen LogP) is 5.15. The molecule has 30 heavy (non-hydrogen) atoms. The second-order valence-corrected chi connectivity index (χ2v) is 7.05. The molecule has 2 N–H and O–H groups in total. The fourth-order valence-electron chi connectivity index (χ4n) is 3.64. The van der Waals surface area contributed by atoms with Gasteiger partial charge in [0.2, 0.25) is 0 Å². The second-order valence-electron chi connectivity index (χ2n) is 7.05. The number of hydrogen-bond acceptors (Lipinski definition) is 4. The van der Waals surface area contributed by atoms with Gasteiger partial charge >= 0.3 is 6.03 Å². The molecule has 1 aliphatic rings. The van der Waals surface area contributed by atoms with Crippen LogP contribution in [0.4, 0.5) is 27.5 Å². The summed E-state index contributed by atoms with van der Waals surface area (Å²) in [6.07, 6.45) is 1.91. The lowest BCUT2D eigenvalue weighted by Gasteiger charge is -2.17. The summed E-state index contributed by atoms with van der Waals surface area (Å²) in [5.41, 5.74) is 2.47. The largest absolute Gasteiger partial charge is 0.323 e. The van der Waals surface area contributed by atoms with Gasteiger partial charge in [0.1, 0.15) is 0 Å². The third-order valence-electron chi connectivity index (χ3n) is 5.10. The number of nitrogens with one attached hydrogen (secondary N) is 2. The van der Waals surface area contributed by atoms with Gasteiger partial charge in [0.05, 0.1) is 16.3 Å². The topological polar surface area (TPSA) is 105 Å². The van der Waals surface area contributed by atoms with Crippen LogP contribution in [-0.2, 0) is 0 Å². The van der Waals surface area contributed by atoms with E-state index in [4.69, 9.17) is 0 Å². The Hall–Kier alpha value is -3.94. The Kier molecular flexibility index (Phi) is 5.05. The third kappa shape index (κ3) is 3.43. The monoisotopic (exact) mass is 404 g/mol. The average molecular weight is 404 g/mol. The van der Waals surface area contributed by atoms with Crippen molar-refractivity contribution >= 4 is 45.5 Å². The Morgan fingerprint density at radius 3 is 2.53 bits per heavy atom. The van der Waals surface area contributed by atoms with E-state index in [1.807, 2.05) is 18.2 Å². The van der Waals surface area contributed by atoms with E-state index in [1.54, 1.807) is 17.0 Å². The van der Waals surface area contributed by atoms with Crippen molar-refractivity contribution in [1.82, 2.24) is 0 Å². The lowest BCUT2D eigenvalue weighted by molar-refractivity contribution is -0.384. The van der Waals surface area contributed by atoms with E-state index in [9.17, 15) is 19.7 Å². The maximum absolute atomic E-state index is 12.8. The van der Waals surface area contributed by atoms with Crippen LogP contribution in [0, 0.1) is 10.1 Å². The third-order valence-corrected chi connectivity index (χ3v) is 5.10. The number of unbranched alkanes of at least 4 members (excludes halogenated alkanes) is 1. The molecule has 3 aromatic rings. The Labute approximate surface area is 172 Å². The Morgan fingerprint density at radius 2 is 1.83 bits per heavy atom. The van der Waals surface area contributed by atoms with Crippen molar-refractivity contribution in [2.45, 2.75) is 19.8 Å². The van der Waals surface area contributed by atoms with Crippen molar-refractivity contribution in [3.05, 3.63) is 70.3 Å². The Morgan fingerprint density at radius 1 is 1.07 bits per heavy atom. The number of carbonyl (C=O) groups excluding carboxylic acids is 2. The molecule has 0 spiro atoms. The van der Waals surface area contributed by atoms with E-state index in [0.717, 1.165) is 29.3 Å². The molecule has 152 valence electrons. The van der Waals surface area contributed by atoms with Gasteiger partial charge in [-0.05, 0) is 36.8 Å². The van der Waals surface area contributed by atoms with Crippen LogP contribution in [-0.4, -0.2) is 23.4 Å². The van der Waals surface area contributed by atoms with Crippen molar-refractivity contribution in [1.29, 1.82) is 0 Å². The number of non-ortho nitro benzene ring substituents is 1. The first-order chi connectivity index (χ1) is 14.5. The van der Waals surface area contributed by atoms with Crippen LogP contribution in [0.1, 0.15) is 30.1 Å². The zero-order valence-corrected chi connectivity index (χ0v) is 16.3. The quantitative estimate of drug-likeness (QED) is 0.438. The second kappa shape index (κ2) is 7.82. The number of nitrogens with zero attached hydrogens (tertiary/aromatic N) is 2. The first-order valence-corrected chi connectivity index (χ1v) is 9.69. The summed E-state index contributed by atoms with van der Waals surface area (Å²) < 4.78 is 0. The molecule has 0 fully saturated rings. The lowest BCUT2D eigenvalue weighted by atomic mass is 10.0. The summed E-state index contributed by atoms with van der Waals surface area (Å²) in [4.78, 5) is 37.3. The van der Waals surface area contributed by atoms with Crippen molar-refractivity contribution in [3.8, 4) is 0 Å². The first-order valence-electron chi connectivity index (χ1n) is 9.69. The van der Waals surface area contributed by atoms with Gasteiger partial charge in [-0.15, -0.1) is 0 Å². The molecule has 0 saturated carbocycles. The summed E-state index contributed by atoms with van der Waals surface area (Å²) in [5.74, 6) is -0.0171. The molecule has 0 aromatic heterocycles. The van der Waals surface area contributed by atoms with E-state index >= 15 is 0 Å². The highest BCUT2D eigenvalue weighted by atomic mass is 16.6. The first kappa shape index (κ1) is 19.4. The molecule has 0 saturated heterocycles. The van der Waals surface area contributed by atoms with Crippen LogP contribution in [0.3, 0.4) is 0 Å². The van der Waals surface area contributed by atoms with Gasteiger partial charge < -0.3 is 15.5 Å². The molecule has 1 heterocycles. The van der Waals surface area contributed by atoms with Crippen LogP contribution < -0.4 is 15.5 Å². The Bertz CT molecular complexity index is 1160. The molecule has 0 bridgehead atoms. The molecule has 1 aliphatic heterocycles. The molecule has 0 radical (unpaired) electrons. The van der Waals surface area contributed by atoms with Crippen LogP contribution in [0.15, 0.2) is 54.6 Å². The molecule has 0 aliphatic carbocycles. The molecule has 0 atom stereocenters. The Balaban J connectivity index is 1.59. The number of rotatable bonds is 6. The zero-order valence-electron chi connectivity index (χ0n) is 16.3. The van der Waals surface area contributed by atoms with Crippen molar-refractivity contribution in [3.63, 3.8) is 0 Å². The number of benzene rings is 3. The molecule has 8 nitrogen and oxygen atoms in total. The van der Waals surface area contributed by atoms with Gasteiger partial charge in [0.25, 0.3) is 11.6 Å². The minimum atomic E-state index is -0.498. The molecular formula is C22H20N4O4. The van der Waals surface area contributed by atoms with Crippen LogP contribution in [0.5, 0.6) is 0 Å². The van der Waals surface area contributed by atoms with Crippen LogP contribution >= 0.6 is 0 Å². The fourth-order valence-corrected chi connectivity index (χ4v) is 3.64. The summed E-state index contributed by atoms with van der Waals surface area (Å²) in [7, 11) is 0. The summed E-state index contributed by atoms with van der Waals surface area (Å²) in [6, 6.07) is 14.2. The highest BCUT2D eigenvalue weighted by Crippen LogP contribution is 2.40. The number of carbonyl (C=O) groups is 2. The van der Waals surface area contributed by atoms with Crippen molar-refractivity contribution in [2.24, 2.45) is 0 Å². The number of urea groups is 1. The standard InChI is InChI=1S/C22H20N4O4/c1-2-3-13-25-19-12-11-18(16-5-4-6-17(20(16)19)21(25)27)24-22(28)23-14-7-9-15(10-8-14)26(29)30/h4-12H,2-3,13H2,1H3,(H2,23,24,28). The zero-order chi connectivity index (χ0) is 21.3. The van der Waals surface area contributed by atoms with Gasteiger partial charge in [0.15, 0.2) is 0 Å². The lowest BCUT2D eigenvalue weighted by Crippen LogP contribution is -2.27. The summed E-state index contributed by atoms with van der Waals surface area (Å²) >= 11 is 0. The summed E-state index contributed by atoms with van der Waals surface area (Å²) in [5, 5.41) is 17.8. The maximum Gasteiger partial charge on any atom is 0.323 e. The van der Waals surface area contributed by atoms with E-state index < -0.39 is 11.0 Å². The molecule has 3 aromatic carbocycles. The van der Waals surface area contributed by atoms with E-state index in [1.165, 1.54) is 24.3 Å². The maximum atomic E-state index is 12.8. The van der Waals surface area contributed by atoms with Crippen molar-refractivity contribution < 1.29 is 14.5 Å². The number of nitro groups is 1. The summed E-state index contributed by atoms with van der Waals surface area (Å²) in [6.45, 7) is 2.74. The van der Waals surface area contributed by atoms with Gasteiger partial charge in [0, 0.05) is 40.7 Å². The smallest absolute Gasteiger partial charge is 0.308 e. The van der Waals surface area contributed by atoms with Gasteiger partial charge in [-0.25, -0.2) is 4.79 Å². The van der Waals surface area contributed by atoms with Crippen LogP contribution in [0.25, 0.3) is 10.8 Å². The fraction of sp³-hybridized carbons (Fsp3) is 0.182. The average Bonchev–Trinajstić information content (AvgIpc) is 3.01. The number of amides is 3. The van der Waals surface area contributed by atoms with Crippen LogP contribution in [0.2, 0.25) is 0 Å². The van der Waals surface area contributed by atoms with E-state index in [0.29, 0.717) is 23.5 Å². The molecule has 8 heteroatoms. The van der Waals surface area contributed by atoms with Crippen molar-refractivity contribution in [2.75, 3.05) is 22.1 Å². The minimum absolute atomic E-state index is 0.0171. The number of hydrogen-bond donors (Lipinski definition) is 2. The highest BCUT2D eigenvalue weighted by Gasteiger charge is 2.30. The van der Waals surface area contributed by atoms with E-state index in [-0.39, 0.29) is 11.6 Å². The normalized spacial score (nSPS) is 12.3. The molecule has 3 amide bonds. The minimum Gasteiger partial charge on any atom is -0.308 e. The molecule has 4 rings (SSSR count). The number of nitro benzene ring substituents is 1. The SMILES string of the molecule is CCCCN1C(=O)c2cccc3c(NC(=O)Nc4ccc([N+](=O)[O-])cc4)ccc1c23. The van der Waals surface area contributed by atoms with E-state index in [2.05, 4.69) is 17.6 Å². The van der Waals surface area contributed by atoms with Gasteiger partial charge in [-0.1, -0.05) is 25.5 Å². The number of anilines is 3. The van der Waals surface area contributed by atoms with Gasteiger partial charge in [-0.2, -0.15) is 0 Å². The highest BCUT2D eigenvalue weighted by molar-refractivity contribution is 6.27.